The fourth-order valence-corrected chi connectivity index (χ4v) is 1.37. The van der Waals surface area contributed by atoms with E-state index in [1.54, 1.807) is 0 Å². The lowest BCUT2D eigenvalue weighted by molar-refractivity contribution is -0.111. The van der Waals surface area contributed by atoms with Crippen LogP contribution in [0.3, 0.4) is 0 Å². The molecule has 13 heavy (non-hydrogen) atoms. The molecular formula is C8H17O4P. The normalized spacial score (nSPS) is 15.3. The summed E-state index contributed by atoms with van der Waals surface area (Å²) in [5.41, 5.74) is -0.789. The molecule has 1 unspecified atom stereocenters. The number of carbonyl (C=O) groups excluding carboxylic acids is 1. The second-order valence-corrected chi connectivity index (χ2v) is 4.86. The third-order valence-corrected chi connectivity index (χ3v) is 2.99. The Balaban J connectivity index is 3.53. The van der Waals surface area contributed by atoms with Gasteiger partial charge in [0.2, 0.25) is 5.52 Å². The molecule has 0 aliphatic heterocycles. The quantitative estimate of drug-likeness (QED) is 0.515. The highest BCUT2D eigenvalue weighted by atomic mass is 31.2. The lowest BCUT2D eigenvalue weighted by Crippen LogP contribution is -1.99. The van der Waals surface area contributed by atoms with Crippen molar-refractivity contribution in [2.45, 2.75) is 39.5 Å². The van der Waals surface area contributed by atoms with Crippen LogP contribution in [-0.4, -0.2) is 17.0 Å². The summed E-state index contributed by atoms with van der Waals surface area (Å²) in [4.78, 5) is 19.5. The van der Waals surface area contributed by atoms with Crippen LogP contribution in [0.5, 0.6) is 0 Å². The summed E-state index contributed by atoms with van der Waals surface area (Å²) >= 11 is 0. The highest BCUT2D eigenvalue weighted by molar-refractivity contribution is 7.70. The van der Waals surface area contributed by atoms with Crippen molar-refractivity contribution in [1.82, 2.24) is 0 Å². The van der Waals surface area contributed by atoms with Crippen molar-refractivity contribution in [1.29, 1.82) is 0 Å². The molecule has 4 nitrogen and oxygen atoms in total. The summed E-state index contributed by atoms with van der Waals surface area (Å²) in [6, 6.07) is 0. The van der Waals surface area contributed by atoms with Crippen LogP contribution in [0.1, 0.15) is 39.5 Å². The fourth-order valence-electron chi connectivity index (χ4n) is 0.808. The van der Waals surface area contributed by atoms with Crippen molar-refractivity contribution in [3.05, 3.63) is 0 Å². The van der Waals surface area contributed by atoms with E-state index in [1.165, 1.54) is 0 Å². The molecule has 0 aliphatic rings. The Morgan fingerprint density at radius 2 is 2.00 bits per heavy atom. The molecule has 0 radical (unpaired) electrons. The van der Waals surface area contributed by atoms with Gasteiger partial charge in [-0.1, -0.05) is 26.2 Å². The molecule has 78 valence electrons. The Hall–Kier alpha value is -0.180. The molecule has 1 atom stereocenters. The Bertz CT molecular complexity index is 202. The van der Waals surface area contributed by atoms with E-state index < -0.39 is 13.1 Å². The summed E-state index contributed by atoms with van der Waals surface area (Å²) in [7, 11) is -3.95. The van der Waals surface area contributed by atoms with Gasteiger partial charge in [-0.3, -0.25) is 9.36 Å². The summed E-state index contributed by atoms with van der Waals surface area (Å²) < 4.78 is 15.5. The van der Waals surface area contributed by atoms with E-state index in [0.717, 1.165) is 32.6 Å². The Labute approximate surface area is 78.8 Å². The molecule has 0 saturated heterocycles. The molecule has 0 heterocycles. The zero-order valence-electron chi connectivity index (χ0n) is 8.15. The first-order valence-corrected chi connectivity index (χ1v) is 6.07. The van der Waals surface area contributed by atoms with Crippen LogP contribution in [-0.2, 0) is 13.9 Å². The molecule has 5 heteroatoms. The molecule has 0 bridgehead atoms. The van der Waals surface area contributed by atoms with E-state index in [-0.39, 0.29) is 6.61 Å². The highest BCUT2D eigenvalue weighted by Gasteiger charge is 2.25. The van der Waals surface area contributed by atoms with Crippen LogP contribution in [0.15, 0.2) is 0 Å². The van der Waals surface area contributed by atoms with Crippen molar-refractivity contribution in [2.24, 2.45) is 0 Å². The van der Waals surface area contributed by atoms with Gasteiger partial charge in [-0.05, 0) is 6.42 Å². The van der Waals surface area contributed by atoms with Gasteiger partial charge in [-0.2, -0.15) is 0 Å². The largest absolute Gasteiger partial charge is 0.393 e. The third kappa shape index (κ3) is 5.97. The van der Waals surface area contributed by atoms with Gasteiger partial charge < -0.3 is 9.42 Å². The van der Waals surface area contributed by atoms with Crippen molar-refractivity contribution in [3.8, 4) is 0 Å². The number of rotatable bonds is 7. The van der Waals surface area contributed by atoms with Crippen LogP contribution < -0.4 is 0 Å². The van der Waals surface area contributed by atoms with Gasteiger partial charge in [0.05, 0.1) is 6.61 Å². The van der Waals surface area contributed by atoms with Crippen molar-refractivity contribution >= 4 is 13.1 Å². The van der Waals surface area contributed by atoms with E-state index in [4.69, 9.17) is 4.89 Å². The number of unbranched alkanes of at least 4 members (excludes halogenated alkanes) is 3. The summed E-state index contributed by atoms with van der Waals surface area (Å²) in [6.07, 6.45) is 3.88. The first kappa shape index (κ1) is 12.8. The smallest absolute Gasteiger partial charge is 0.319 e. The predicted octanol–water partition coefficient (Wildman–Crippen LogP) is 2.32. The molecule has 0 aromatic heterocycles. The molecule has 0 aliphatic carbocycles. The van der Waals surface area contributed by atoms with Crippen LogP contribution >= 0.6 is 7.60 Å². The minimum Gasteiger partial charge on any atom is -0.319 e. The molecule has 0 aromatic rings. The van der Waals surface area contributed by atoms with Gasteiger partial charge >= 0.3 is 7.60 Å². The molecule has 0 aromatic carbocycles. The van der Waals surface area contributed by atoms with Crippen LogP contribution in [0, 0.1) is 0 Å². The van der Waals surface area contributed by atoms with Crippen LogP contribution in [0.2, 0.25) is 0 Å². The molecule has 0 rings (SSSR count). The van der Waals surface area contributed by atoms with Gasteiger partial charge in [0.1, 0.15) is 0 Å². The molecular weight excluding hydrogens is 191 g/mol. The molecule has 0 saturated carbocycles. The maximum Gasteiger partial charge on any atom is 0.393 e. The zero-order chi connectivity index (χ0) is 10.3. The van der Waals surface area contributed by atoms with Gasteiger partial charge in [0.25, 0.3) is 0 Å². The number of hydrogen-bond acceptors (Lipinski definition) is 3. The second kappa shape index (κ2) is 6.30. The summed E-state index contributed by atoms with van der Waals surface area (Å²) in [6.45, 7) is 3.33. The standard InChI is InChI=1S/C8H17O4P/c1-3-4-5-6-7-12-13(10,11)8(2)9/h3-7H2,1-2H3,(H,10,11). The lowest BCUT2D eigenvalue weighted by Gasteiger charge is -2.07. The summed E-state index contributed by atoms with van der Waals surface area (Å²) in [5, 5.41) is 0. The van der Waals surface area contributed by atoms with Crippen molar-refractivity contribution in [2.75, 3.05) is 6.61 Å². The first-order chi connectivity index (χ1) is 6.00. The molecule has 0 spiro atoms. The minimum atomic E-state index is -3.95. The average Bonchev–Trinajstić information content (AvgIpc) is 2.03. The van der Waals surface area contributed by atoms with E-state index in [0.29, 0.717) is 0 Å². The fraction of sp³-hybridized carbons (Fsp3) is 0.875. The van der Waals surface area contributed by atoms with Crippen molar-refractivity contribution < 1.29 is 18.8 Å². The Kier molecular flexibility index (Phi) is 6.21. The average molecular weight is 208 g/mol. The maximum atomic E-state index is 10.9. The maximum absolute atomic E-state index is 10.9. The van der Waals surface area contributed by atoms with E-state index in [9.17, 15) is 9.36 Å². The Morgan fingerprint density at radius 1 is 1.38 bits per heavy atom. The van der Waals surface area contributed by atoms with E-state index >= 15 is 0 Å². The summed E-state index contributed by atoms with van der Waals surface area (Å²) in [5.74, 6) is 0. The van der Waals surface area contributed by atoms with E-state index in [2.05, 4.69) is 11.4 Å². The zero-order valence-corrected chi connectivity index (χ0v) is 9.05. The van der Waals surface area contributed by atoms with Crippen molar-refractivity contribution in [3.63, 3.8) is 0 Å². The van der Waals surface area contributed by atoms with Gasteiger partial charge in [0.15, 0.2) is 0 Å². The van der Waals surface area contributed by atoms with E-state index in [1.807, 2.05) is 0 Å². The number of hydrogen-bond donors (Lipinski definition) is 1. The molecule has 0 fully saturated rings. The van der Waals surface area contributed by atoms with Gasteiger partial charge in [0, 0.05) is 6.92 Å². The van der Waals surface area contributed by atoms with Crippen LogP contribution in [0.25, 0.3) is 0 Å². The van der Waals surface area contributed by atoms with Crippen LogP contribution in [0.4, 0.5) is 0 Å². The predicted molar refractivity (Wildman–Crippen MR) is 50.6 cm³/mol. The highest BCUT2D eigenvalue weighted by Crippen LogP contribution is 2.42. The molecule has 1 N–H and O–H groups in total. The third-order valence-electron chi connectivity index (χ3n) is 1.66. The SMILES string of the molecule is CCCCCCOP(=O)(O)C(C)=O. The Morgan fingerprint density at radius 3 is 2.46 bits per heavy atom. The second-order valence-electron chi connectivity index (χ2n) is 2.93. The topological polar surface area (TPSA) is 63.6 Å². The lowest BCUT2D eigenvalue weighted by atomic mass is 10.2. The number of carbonyl (C=O) groups is 1. The van der Waals surface area contributed by atoms with Gasteiger partial charge in [-0.25, -0.2) is 0 Å². The monoisotopic (exact) mass is 208 g/mol. The first-order valence-electron chi connectivity index (χ1n) is 4.49. The minimum absolute atomic E-state index is 0.188. The molecule has 0 amide bonds. The van der Waals surface area contributed by atoms with Gasteiger partial charge in [-0.15, -0.1) is 0 Å².